The third-order valence-electron chi connectivity index (χ3n) is 5.55. The maximum Gasteiger partial charge on any atom is 0.332 e. The summed E-state index contributed by atoms with van der Waals surface area (Å²) in [6.07, 6.45) is 1.38. The second kappa shape index (κ2) is 8.23. The van der Waals surface area contributed by atoms with Gasteiger partial charge in [0.15, 0.2) is 11.6 Å². The lowest BCUT2D eigenvalue weighted by Crippen LogP contribution is -2.60. The first-order valence-corrected chi connectivity index (χ1v) is 9.89. The van der Waals surface area contributed by atoms with Gasteiger partial charge in [-0.2, -0.15) is 0 Å². The van der Waals surface area contributed by atoms with Crippen molar-refractivity contribution in [2.75, 3.05) is 11.9 Å². The number of nitrogens with zero attached hydrogens (tertiary/aromatic N) is 3. The Morgan fingerprint density at radius 1 is 0.938 bits per heavy atom. The number of anilines is 1. The normalized spacial score (nSPS) is 18.4. The van der Waals surface area contributed by atoms with Gasteiger partial charge in [0.1, 0.15) is 5.69 Å². The van der Waals surface area contributed by atoms with Crippen molar-refractivity contribution in [2.24, 2.45) is 0 Å². The van der Waals surface area contributed by atoms with Crippen LogP contribution in [0.15, 0.2) is 66.9 Å². The Bertz CT molecular complexity index is 1230. The van der Waals surface area contributed by atoms with Crippen LogP contribution in [-0.4, -0.2) is 28.9 Å². The fraction of sp³-hybridized carbons (Fsp3) is 0.160. The molecule has 0 N–H and O–H groups in total. The van der Waals surface area contributed by atoms with E-state index in [4.69, 9.17) is 0 Å². The molecule has 5 nitrogen and oxygen atoms in total. The molecule has 2 aromatic carbocycles. The molecule has 32 heavy (non-hydrogen) atoms. The maximum atomic E-state index is 14.9. The van der Waals surface area contributed by atoms with E-state index >= 15 is 0 Å². The molecule has 4 rings (SSSR count). The summed E-state index contributed by atoms with van der Waals surface area (Å²) in [6.45, 7) is 1.69. The van der Waals surface area contributed by atoms with Gasteiger partial charge in [-0.05, 0) is 43.3 Å². The van der Waals surface area contributed by atoms with Crippen LogP contribution in [0.25, 0.3) is 0 Å². The summed E-state index contributed by atoms with van der Waals surface area (Å²) in [5.41, 5.74) is -0.457. The van der Waals surface area contributed by atoms with E-state index in [1.165, 1.54) is 11.9 Å². The first-order chi connectivity index (χ1) is 15.3. The van der Waals surface area contributed by atoms with E-state index in [0.29, 0.717) is 16.2 Å². The summed E-state index contributed by atoms with van der Waals surface area (Å²) >= 11 is 0. The Morgan fingerprint density at radius 3 is 2.19 bits per heavy atom. The molecule has 1 fully saturated rings. The lowest BCUT2D eigenvalue weighted by Gasteiger charge is -2.45. The first kappa shape index (κ1) is 21.2. The zero-order valence-corrected chi connectivity index (χ0v) is 17.5. The average Bonchev–Trinajstić information content (AvgIpc) is 2.79. The molecule has 0 bridgehead atoms. The predicted octanol–water partition coefficient (Wildman–Crippen LogP) is 4.46. The number of benzene rings is 2. The molecule has 160 valence electrons. The van der Waals surface area contributed by atoms with Gasteiger partial charge in [0.25, 0.3) is 0 Å². The Kier molecular flexibility index (Phi) is 5.45. The highest BCUT2D eigenvalue weighted by Gasteiger charge is 2.48. The first-order valence-electron chi connectivity index (χ1n) is 9.89. The molecule has 0 saturated carbocycles. The van der Waals surface area contributed by atoms with Gasteiger partial charge in [-0.15, -0.1) is 0 Å². The molecule has 1 aliphatic rings. The van der Waals surface area contributed by atoms with E-state index in [1.54, 1.807) is 55.6 Å². The van der Waals surface area contributed by atoms with E-state index in [-0.39, 0.29) is 12.0 Å². The Labute approximate surface area is 184 Å². The van der Waals surface area contributed by atoms with Crippen molar-refractivity contribution >= 4 is 17.6 Å². The van der Waals surface area contributed by atoms with Crippen LogP contribution in [0.4, 0.5) is 19.3 Å². The fourth-order valence-electron chi connectivity index (χ4n) is 3.64. The lowest BCUT2D eigenvalue weighted by molar-refractivity contribution is -0.122. The number of carbonyl (C=O) groups excluding carboxylic acids is 2. The summed E-state index contributed by atoms with van der Waals surface area (Å²) in [6, 6.07) is 15.3. The molecule has 0 radical (unpaired) electrons. The minimum atomic E-state index is -1.04. The summed E-state index contributed by atoms with van der Waals surface area (Å²) in [7, 11) is 1.48. The quantitative estimate of drug-likeness (QED) is 0.563. The van der Waals surface area contributed by atoms with Crippen LogP contribution in [-0.2, 0) is 10.3 Å². The molecule has 3 amide bonds. The van der Waals surface area contributed by atoms with Crippen LogP contribution >= 0.6 is 0 Å². The van der Waals surface area contributed by atoms with Crippen LogP contribution in [0.3, 0.4) is 0 Å². The molecule has 1 aromatic heterocycles. The zero-order valence-electron chi connectivity index (χ0n) is 17.5. The third kappa shape index (κ3) is 3.71. The number of halogens is 2. The highest BCUT2D eigenvalue weighted by atomic mass is 19.1. The lowest BCUT2D eigenvalue weighted by atomic mass is 9.88. The largest absolute Gasteiger partial charge is 0.332 e. The second-order valence-corrected chi connectivity index (χ2v) is 7.64. The van der Waals surface area contributed by atoms with Crippen molar-refractivity contribution in [1.29, 1.82) is 0 Å². The SMILES string of the molecule is CN1C(=O)N(c2c(F)cc(C#Cc3ccccc3)cc2F)C(=O)CC1(C)c1ccccn1. The van der Waals surface area contributed by atoms with Crippen molar-refractivity contribution in [2.45, 2.75) is 18.9 Å². The molecule has 1 saturated heterocycles. The van der Waals surface area contributed by atoms with Crippen molar-refractivity contribution in [3.05, 3.63) is 95.3 Å². The minimum Gasteiger partial charge on any atom is -0.315 e. The van der Waals surface area contributed by atoms with Crippen LogP contribution in [0.5, 0.6) is 0 Å². The van der Waals surface area contributed by atoms with Crippen LogP contribution in [0.2, 0.25) is 0 Å². The Hall–Kier alpha value is -4.05. The number of rotatable bonds is 2. The van der Waals surface area contributed by atoms with Gasteiger partial charge >= 0.3 is 6.03 Å². The fourth-order valence-corrected chi connectivity index (χ4v) is 3.64. The van der Waals surface area contributed by atoms with Gasteiger partial charge in [-0.3, -0.25) is 9.78 Å². The standard InChI is InChI=1S/C25H19F2N3O2/c1-25(21-10-6-7-13-28-21)16-22(31)30(24(32)29(25)2)23-19(26)14-18(15-20(23)27)12-11-17-8-4-3-5-9-17/h3-10,13-15H,16H2,1-2H3. The molecule has 7 heteroatoms. The number of hydrogen-bond donors (Lipinski definition) is 0. The van der Waals surface area contributed by atoms with Crippen molar-refractivity contribution in [3.8, 4) is 11.8 Å². The summed E-state index contributed by atoms with van der Waals surface area (Å²) in [4.78, 5) is 32.1. The molecule has 2 heterocycles. The average molecular weight is 431 g/mol. The molecular formula is C25H19F2N3O2. The molecule has 3 aromatic rings. The van der Waals surface area contributed by atoms with Crippen LogP contribution < -0.4 is 4.90 Å². The van der Waals surface area contributed by atoms with E-state index in [1.807, 2.05) is 6.07 Å². The van der Waals surface area contributed by atoms with Crippen molar-refractivity contribution in [1.82, 2.24) is 9.88 Å². The highest BCUT2D eigenvalue weighted by Crippen LogP contribution is 2.38. The molecule has 0 spiro atoms. The molecule has 1 aliphatic heterocycles. The smallest absolute Gasteiger partial charge is 0.315 e. The van der Waals surface area contributed by atoms with E-state index in [0.717, 1.165) is 12.1 Å². The van der Waals surface area contributed by atoms with E-state index in [9.17, 15) is 18.4 Å². The second-order valence-electron chi connectivity index (χ2n) is 7.64. The Morgan fingerprint density at radius 2 is 1.56 bits per heavy atom. The summed E-state index contributed by atoms with van der Waals surface area (Å²) in [5, 5.41) is 0. The molecule has 0 aliphatic carbocycles. The highest BCUT2D eigenvalue weighted by molar-refractivity contribution is 6.16. The van der Waals surface area contributed by atoms with E-state index < -0.39 is 34.8 Å². The summed E-state index contributed by atoms with van der Waals surface area (Å²) in [5.74, 6) is 2.72. The van der Waals surface area contributed by atoms with Gasteiger partial charge in [-0.25, -0.2) is 18.5 Å². The molecule has 1 unspecified atom stereocenters. The number of imide groups is 1. The number of hydrogen-bond acceptors (Lipinski definition) is 3. The molecule has 1 atom stereocenters. The van der Waals surface area contributed by atoms with Crippen LogP contribution in [0, 0.1) is 23.5 Å². The van der Waals surface area contributed by atoms with Crippen molar-refractivity contribution < 1.29 is 18.4 Å². The van der Waals surface area contributed by atoms with Gasteiger partial charge in [0, 0.05) is 24.4 Å². The minimum absolute atomic E-state index is 0.0937. The molecular weight excluding hydrogens is 412 g/mol. The van der Waals surface area contributed by atoms with Gasteiger partial charge < -0.3 is 4.90 Å². The topological polar surface area (TPSA) is 53.5 Å². The van der Waals surface area contributed by atoms with Gasteiger partial charge in [-0.1, -0.05) is 36.1 Å². The van der Waals surface area contributed by atoms with E-state index in [2.05, 4.69) is 16.8 Å². The zero-order chi connectivity index (χ0) is 22.9. The van der Waals surface area contributed by atoms with Gasteiger partial charge in [0.2, 0.25) is 5.91 Å². The van der Waals surface area contributed by atoms with Gasteiger partial charge in [0.05, 0.1) is 17.7 Å². The summed E-state index contributed by atoms with van der Waals surface area (Å²) < 4.78 is 29.9. The Balaban J connectivity index is 1.68. The number of pyridine rings is 1. The number of urea groups is 1. The monoisotopic (exact) mass is 431 g/mol. The number of amides is 3. The maximum absolute atomic E-state index is 14.9. The van der Waals surface area contributed by atoms with Crippen molar-refractivity contribution in [3.63, 3.8) is 0 Å². The third-order valence-corrected chi connectivity index (χ3v) is 5.55. The number of carbonyl (C=O) groups is 2. The predicted molar refractivity (Wildman–Crippen MR) is 116 cm³/mol. The van der Waals surface area contributed by atoms with Crippen LogP contribution in [0.1, 0.15) is 30.2 Å². The number of aromatic nitrogens is 1.